The number of likely N-dealkylation sites (tertiary alicyclic amines) is 1. The Morgan fingerprint density at radius 3 is 2.73 bits per heavy atom. The summed E-state index contributed by atoms with van der Waals surface area (Å²) in [5.74, 6) is -0.767. The zero-order valence-electron chi connectivity index (χ0n) is 18.6. The van der Waals surface area contributed by atoms with Crippen LogP contribution in [0.15, 0.2) is 42.7 Å². The van der Waals surface area contributed by atoms with Crippen molar-refractivity contribution < 1.29 is 14.4 Å². The summed E-state index contributed by atoms with van der Waals surface area (Å²) in [5, 5.41) is 6.04. The van der Waals surface area contributed by atoms with E-state index in [1.165, 1.54) is 12.0 Å². The van der Waals surface area contributed by atoms with Gasteiger partial charge in [0.05, 0.1) is 0 Å². The normalized spacial score (nSPS) is 23.5. The maximum Gasteiger partial charge on any atom is 0.255 e. The molecule has 2 N–H and O–H groups in total. The van der Waals surface area contributed by atoms with Crippen LogP contribution < -0.4 is 10.6 Å². The highest BCUT2D eigenvalue weighted by atomic mass is 16.2. The maximum atomic E-state index is 12.9. The smallest absolute Gasteiger partial charge is 0.255 e. The number of carbonyl (C=O) groups is 3. The first kappa shape index (κ1) is 21.7. The van der Waals surface area contributed by atoms with Crippen molar-refractivity contribution in [1.29, 1.82) is 0 Å². The summed E-state index contributed by atoms with van der Waals surface area (Å²) in [6.45, 7) is 4.22. The molecule has 5 rings (SSSR count). The van der Waals surface area contributed by atoms with Gasteiger partial charge in [-0.05, 0) is 60.7 Å². The minimum absolute atomic E-state index is 0.127. The molecule has 0 radical (unpaired) electrons. The van der Waals surface area contributed by atoms with Crippen LogP contribution in [0.1, 0.15) is 52.7 Å². The molecule has 2 fully saturated rings. The van der Waals surface area contributed by atoms with Gasteiger partial charge in [-0.2, -0.15) is 0 Å². The lowest BCUT2D eigenvalue weighted by atomic mass is 10.0. The number of nitrogens with zero attached hydrogens (tertiary/aromatic N) is 3. The first-order valence-corrected chi connectivity index (χ1v) is 11.7. The van der Waals surface area contributed by atoms with Gasteiger partial charge in [0.1, 0.15) is 6.04 Å². The van der Waals surface area contributed by atoms with Crippen molar-refractivity contribution in [3.8, 4) is 0 Å². The predicted molar refractivity (Wildman–Crippen MR) is 122 cm³/mol. The molecule has 8 heteroatoms. The summed E-state index contributed by atoms with van der Waals surface area (Å²) in [6.07, 6.45) is 6.66. The van der Waals surface area contributed by atoms with Crippen LogP contribution in [0.5, 0.6) is 0 Å². The molecule has 3 aliphatic rings. The number of fused-ring (bicyclic) bond motifs is 1. The maximum absolute atomic E-state index is 12.9. The topological polar surface area (TPSA) is 94.6 Å². The lowest BCUT2D eigenvalue weighted by Gasteiger charge is -2.33. The number of nitrogens with one attached hydrogen (secondary N) is 2. The van der Waals surface area contributed by atoms with E-state index in [9.17, 15) is 14.4 Å². The van der Waals surface area contributed by atoms with Crippen LogP contribution in [0.3, 0.4) is 0 Å². The molecule has 172 valence electrons. The van der Waals surface area contributed by atoms with Crippen LogP contribution in [-0.2, 0) is 29.2 Å². The average molecular weight is 448 g/mol. The first-order chi connectivity index (χ1) is 16.1. The highest BCUT2D eigenvalue weighted by molar-refractivity contribution is 6.05. The lowest BCUT2D eigenvalue weighted by Crippen LogP contribution is -2.52. The molecule has 2 aromatic rings. The van der Waals surface area contributed by atoms with Crippen LogP contribution >= 0.6 is 0 Å². The Bertz CT molecular complexity index is 1060. The molecular formula is C25H29N5O3. The number of rotatable bonds is 6. The van der Waals surface area contributed by atoms with Gasteiger partial charge in [0.25, 0.3) is 5.91 Å². The largest absolute Gasteiger partial charge is 0.322 e. The van der Waals surface area contributed by atoms with Gasteiger partial charge in [-0.3, -0.25) is 29.6 Å². The molecule has 0 aliphatic carbocycles. The fourth-order valence-corrected chi connectivity index (χ4v) is 5.11. The van der Waals surface area contributed by atoms with E-state index in [1.54, 1.807) is 4.90 Å². The summed E-state index contributed by atoms with van der Waals surface area (Å²) < 4.78 is 0. The van der Waals surface area contributed by atoms with E-state index in [1.807, 2.05) is 24.5 Å². The van der Waals surface area contributed by atoms with Crippen molar-refractivity contribution in [3.05, 3.63) is 65.0 Å². The van der Waals surface area contributed by atoms with Gasteiger partial charge in [0, 0.05) is 56.6 Å². The van der Waals surface area contributed by atoms with Crippen molar-refractivity contribution >= 4 is 17.7 Å². The molecule has 2 saturated heterocycles. The summed E-state index contributed by atoms with van der Waals surface area (Å²) in [5.41, 5.74) is 4.03. The van der Waals surface area contributed by atoms with Crippen molar-refractivity contribution in [1.82, 2.24) is 25.4 Å². The van der Waals surface area contributed by atoms with Crippen LogP contribution in [0.25, 0.3) is 0 Å². The van der Waals surface area contributed by atoms with E-state index in [4.69, 9.17) is 0 Å². The lowest BCUT2D eigenvalue weighted by molar-refractivity contribution is -0.136. The SMILES string of the molecule is O=C1CCC(N2Cc3cc(CN[C@@H]4CCCN(Cc5ccncc5)C4)ccc3C2=O)C(=O)N1. The Morgan fingerprint density at radius 1 is 1.06 bits per heavy atom. The van der Waals surface area contributed by atoms with E-state index < -0.39 is 6.04 Å². The van der Waals surface area contributed by atoms with Crippen molar-refractivity contribution in [2.75, 3.05) is 13.1 Å². The Hall–Kier alpha value is -3.10. The number of aromatic nitrogens is 1. The van der Waals surface area contributed by atoms with Crippen molar-refractivity contribution in [2.45, 2.75) is 57.4 Å². The molecular weight excluding hydrogens is 418 g/mol. The van der Waals surface area contributed by atoms with Crippen LogP contribution in [0, 0.1) is 0 Å². The summed E-state index contributed by atoms with van der Waals surface area (Å²) >= 11 is 0. The fraction of sp³-hybridized carbons (Fsp3) is 0.440. The number of hydrogen-bond acceptors (Lipinski definition) is 6. The van der Waals surface area contributed by atoms with E-state index >= 15 is 0 Å². The molecule has 3 aliphatic heterocycles. The number of carbonyl (C=O) groups excluding carboxylic acids is 3. The van der Waals surface area contributed by atoms with Gasteiger partial charge >= 0.3 is 0 Å². The molecule has 0 bridgehead atoms. The van der Waals surface area contributed by atoms with Gasteiger partial charge in [-0.15, -0.1) is 0 Å². The van der Waals surface area contributed by atoms with Crippen LogP contribution in [0.2, 0.25) is 0 Å². The molecule has 1 aromatic carbocycles. The predicted octanol–water partition coefficient (Wildman–Crippen LogP) is 1.60. The monoisotopic (exact) mass is 447 g/mol. The second kappa shape index (κ2) is 9.41. The van der Waals surface area contributed by atoms with Gasteiger partial charge in [-0.1, -0.05) is 12.1 Å². The van der Waals surface area contributed by atoms with E-state index in [0.717, 1.165) is 43.7 Å². The van der Waals surface area contributed by atoms with Gasteiger partial charge in [0.15, 0.2) is 0 Å². The second-order valence-corrected chi connectivity index (χ2v) is 9.20. The van der Waals surface area contributed by atoms with E-state index in [-0.39, 0.29) is 24.1 Å². The van der Waals surface area contributed by atoms with Gasteiger partial charge < -0.3 is 10.2 Å². The molecule has 1 unspecified atom stereocenters. The molecule has 8 nitrogen and oxygen atoms in total. The quantitative estimate of drug-likeness (QED) is 0.654. The van der Waals surface area contributed by atoms with Crippen LogP contribution in [0.4, 0.5) is 0 Å². The van der Waals surface area contributed by atoms with E-state index in [0.29, 0.717) is 24.6 Å². The highest BCUT2D eigenvalue weighted by Gasteiger charge is 2.39. The summed E-state index contributed by atoms with van der Waals surface area (Å²) in [4.78, 5) is 44.7. The molecule has 1 aromatic heterocycles. The number of imide groups is 1. The first-order valence-electron chi connectivity index (χ1n) is 11.7. The van der Waals surface area contributed by atoms with Gasteiger partial charge in [0.2, 0.25) is 11.8 Å². The molecule has 3 amide bonds. The second-order valence-electron chi connectivity index (χ2n) is 9.20. The zero-order valence-corrected chi connectivity index (χ0v) is 18.6. The van der Waals surface area contributed by atoms with Crippen molar-refractivity contribution in [3.63, 3.8) is 0 Å². The molecule has 0 spiro atoms. The Labute approximate surface area is 193 Å². The number of pyridine rings is 1. The Kier molecular flexibility index (Phi) is 6.20. The Balaban J connectivity index is 1.18. The standard InChI is InChI=1S/C25H29N5O3/c31-23-6-5-22(24(32)28-23)30-15-19-12-18(3-4-21(19)25(30)33)13-27-20-2-1-11-29(16-20)14-17-7-9-26-10-8-17/h3-4,7-10,12,20,22,27H,1-2,5-6,11,13-16H2,(H,28,31,32)/t20-,22?/m1/s1. The highest BCUT2D eigenvalue weighted by Crippen LogP contribution is 2.28. The minimum Gasteiger partial charge on any atom is -0.322 e. The van der Waals surface area contributed by atoms with E-state index in [2.05, 4.69) is 38.7 Å². The molecule has 2 atom stereocenters. The number of hydrogen-bond donors (Lipinski definition) is 2. The van der Waals surface area contributed by atoms with Crippen LogP contribution in [-0.4, -0.2) is 57.7 Å². The number of benzene rings is 1. The number of piperidine rings is 2. The Morgan fingerprint density at radius 2 is 1.91 bits per heavy atom. The molecule has 4 heterocycles. The minimum atomic E-state index is -0.571. The molecule has 0 saturated carbocycles. The van der Waals surface area contributed by atoms with Gasteiger partial charge in [-0.25, -0.2) is 0 Å². The molecule has 33 heavy (non-hydrogen) atoms. The summed E-state index contributed by atoms with van der Waals surface area (Å²) in [6, 6.07) is 9.94. The fourth-order valence-electron chi connectivity index (χ4n) is 5.11. The third-order valence-electron chi connectivity index (χ3n) is 6.84. The third kappa shape index (κ3) is 4.82. The number of amides is 3. The summed E-state index contributed by atoms with van der Waals surface area (Å²) in [7, 11) is 0. The van der Waals surface area contributed by atoms with Crippen molar-refractivity contribution in [2.24, 2.45) is 0 Å². The third-order valence-corrected chi connectivity index (χ3v) is 6.84. The zero-order chi connectivity index (χ0) is 22.8. The average Bonchev–Trinajstić information content (AvgIpc) is 3.14.